The van der Waals surface area contributed by atoms with Crippen LogP contribution in [0, 0.1) is 13.8 Å². The van der Waals surface area contributed by atoms with E-state index in [9.17, 15) is 19.5 Å². The third kappa shape index (κ3) is 6.15. The Labute approximate surface area is 363 Å². The van der Waals surface area contributed by atoms with Crippen LogP contribution in [0.3, 0.4) is 0 Å². The van der Waals surface area contributed by atoms with Crippen molar-refractivity contribution in [2.45, 2.75) is 101 Å². The van der Waals surface area contributed by atoms with E-state index in [-0.39, 0.29) is 37.3 Å². The van der Waals surface area contributed by atoms with Gasteiger partial charge in [0.25, 0.3) is 0 Å². The molecule has 3 aromatic carbocycles. The number of rotatable bonds is 3. The van der Waals surface area contributed by atoms with Gasteiger partial charge in [-0.15, -0.1) is 11.8 Å². The molecular weight excluding hydrogens is 817 g/mol. The largest absolute Gasteiger partial charge is 0.514 e. The molecule has 1 aromatic heterocycles. The smallest absolute Gasteiger partial charge is 0.493 e. The number of aliphatic hydroxyl groups excluding tert-OH is 1. The van der Waals surface area contributed by atoms with Crippen molar-refractivity contribution < 1.29 is 52.6 Å². The van der Waals surface area contributed by atoms with E-state index in [1.54, 1.807) is 39.6 Å². The van der Waals surface area contributed by atoms with Crippen LogP contribution < -0.4 is 29.0 Å². The van der Waals surface area contributed by atoms with E-state index in [0.29, 0.717) is 58.2 Å². The Hall–Kier alpha value is -4.84. The predicted molar refractivity (Wildman–Crippen MR) is 228 cm³/mol. The van der Waals surface area contributed by atoms with Crippen LogP contribution in [-0.4, -0.2) is 108 Å². The van der Waals surface area contributed by atoms with Gasteiger partial charge in [0.05, 0.1) is 37.1 Å². The lowest BCUT2D eigenvalue weighted by Crippen LogP contribution is -2.69. The maximum Gasteiger partial charge on any atom is 0.514 e. The molecular formula is C46H52N4O11S. The monoisotopic (exact) mass is 868 g/mol. The van der Waals surface area contributed by atoms with E-state index in [1.807, 2.05) is 45.2 Å². The van der Waals surface area contributed by atoms with Gasteiger partial charge < -0.3 is 43.2 Å². The summed E-state index contributed by atoms with van der Waals surface area (Å²) in [5.41, 5.74) is 5.12. The number of nitrogens with one attached hydrogen (secondary N) is 2. The number of hydrogen-bond donors (Lipinski definition) is 3. The van der Waals surface area contributed by atoms with Crippen LogP contribution in [0.2, 0.25) is 0 Å². The second-order valence-corrected chi connectivity index (χ2v) is 19.3. The minimum atomic E-state index is -1.20. The average molecular weight is 869 g/mol. The van der Waals surface area contributed by atoms with Gasteiger partial charge in [-0.1, -0.05) is 24.3 Å². The number of para-hydroxylation sites is 1. The Morgan fingerprint density at radius 2 is 1.81 bits per heavy atom. The van der Waals surface area contributed by atoms with Crippen LogP contribution >= 0.6 is 11.8 Å². The first-order valence-corrected chi connectivity index (χ1v) is 22.2. The maximum atomic E-state index is 15.0. The number of ketones is 1. The molecule has 16 heteroatoms. The number of aromatic amines is 1. The third-order valence-corrected chi connectivity index (χ3v) is 14.9. The highest BCUT2D eigenvalue weighted by molar-refractivity contribution is 7.99. The standard InChI is InChI=1S/C46H52N4O11S/c1-21-15-24-16-28-43(53)50-29-17-56-18-30(52)46(42-26(13-14-47-46)25-11-9-10-12-27(25)48-42)19-62-41(33-32(29)39-38(57-20-58-39)22(2)37(33)59-23(3)51)35(50)34(49(28)7)31(24)40(36(21)55-8)60-44(54)61-45(4,5)6/h9-12,15,28-29,34-35,41,43,47-48,53H,13-14,16-20H2,1-8H3/t28-,29+,34+,35?,41-,43+,46+/m1/s1. The van der Waals surface area contributed by atoms with Crippen molar-refractivity contribution in [1.82, 2.24) is 20.1 Å². The highest BCUT2D eigenvalue weighted by Crippen LogP contribution is 2.64. The van der Waals surface area contributed by atoms with Gasteiger partial charge in [-0.25, -0.2) is 4.79 Å². The summed E-state index contributed by atoms with van der Waals surface area (Å²) in [5.74, 6) is 1.50. The molecule has 11 rings (SSSR count). The SMILES string of the molecule is COc1c(C)cc2c(c1OC(=O)OC(C)(C)C)[C@H]1C3[C@@H]4SC[C@]5(NCCc6c5[nH]c5ccccc65)C(=O)COC[C@@H](c5c6c(c(C)c(OC(C)=O)c54)OCO6)N3[C@@H](O)[C@@H](C2)N1C. The van der Waals surface area contributed by atoms with Crippen LogP contribution in [0.15, 0.2) is 30.3 Å². The highest BCUT2D eigenvalue weighted by atomic mass is 32.2. The minimum Gasteiger partial charge on any atom is -0.493 e. The molecule has 1 unspecified atom stereocenters. The number of Topliss-reactive ketones (excluding diaryl/α,β-unsaturated/α-hetero) is 1. The second kappa shape index (κ2) is 14.9. The summed E-state index contributed by atoms with van der Waals surface area (Å²) in [6, 6.07) is 7.83. The van der Waals surface area contributed by atoms with Gasteiger partial charge in [0.1, 0.15) is 29.7 Å². The molecule has 2 saturated heterocycles. The number of carbonyl (C=O) groups excluding carboxylic acids is 3. The minimum absolute atomic E-state index is 0.0216. The first-order chi connectivity index (χ1) is 29.6. The molecule has 3 N–H and O–H groups in total. The number of H-pyrrole nitrogens is 1. The number of ether oxygens (including phenoxy) is 7. The number of aliphatic hydroxyl groups is 1. The molecule has 4 aromatic rings. The van der Waals surface area contributed by atoms with Gasteiger partial charge in [-0.2, -0.15) is 0 Å². The fourth-order valence-corrected chi connectivity index (χ4v) is 12.8. The van der Waals surface area contributed by atoms with Crippen molar-refractivity contribution in [3.63, 3.8) is 0 Å². The Morgan fingerprint density at radius 1 is 1.03 bits per heavy atom. The molecule has 1 spiro atoms. The van der Waals surface area contributed by atoms with Gasteiger partial charge in [-0.3, -0.25) is 24.7 Å². The summed E-state index contributed by atoms with van der Waals surface area (Å²) in [4.78, 5) is 49.7. The van der Waals surface area contributed by atoms with Crippen LogP contribution in [0.4, 0.5) is 4.79 Å². The molecule has 15 nitrogen and oxygen atoms in total. The summed E-state index contributed by atoms with van der Waals surface area (Å²) in [6.45, 7) is 10.7. The number of nitrogens with zero attached hydrogens (tertiary/aromatic N) is 2. The van der Waals surface area contributed by atoms with Crippen molar-refractivity contribution in [3.05, 3.63) is 75.0 Å². The first-order valence-electron chi connectivity index (χ1n) is 21.1. The van der Waals surface area contributed by atoms with E-state index < -0.39 is 58.9 Å². The number of aromatic nitrogens is 1. The van der Waals surface area contributed by atoms with E-state index in [1.165, 1.54) is 6.92 Å². The van der Waals surface area contributed by atoms with Crippen LogP contribution in [0.25, 0.3) is 10.9 Å². The number of benzene rings is 3. The third-order valence-electron chi connectivity index (χ3n) is 13.4. The summed E-state index contributed by atoms with van der Waals surface area (Å²) < 4.78 is 43.2. The molecule has 7 aliphatic heterocycles. The van der Waals surface area contributed by atoms with Crippen LogP contribution in [0.5, 0.6) is 28.7 Å². The molecule has 0 saturated carbocycles. The quantitative estimate of drug-likeness (QED) is 0.128. The second-order valence-electron chi connectivity index (χ2n) is 18.2. The van der Waals surface area contributed by atoms with E-state index in [2.05, 4.69) is 26.2 Å². The van der Waals surface area contributed by atoms with Crippen molar-refractivity contribution in [1.29, 1.82) is 0 Å². The normalized spacial score (nSPS) is 27.8. The fourth-order valence-electron chi connectivity index (χ4n) is 11.0. The van der Waals surface area contributed by atoms with Gasteiger partial charge in [0.2, 0.25) is 6.79 Å². The number of methoxy groups -OCH3 is 1. The number of thioether (sulfide) groups is 1. The summed E-state index contributed by atoms with van der Waals surface area (Å²) in [6.07, 6.45) is -0.786. The number of carbonyl (C=O) groups is 3. The molecule has 8 heterocycles. The van der Waals surface area contributed by atoms with Crippen LogP contribution in [-0.2, 0) is 37.4 Å². The molecule has 328 valence electrons. The van der Waals surface area contributed by atoms with Crippen molar-refractivity contribution in [3.8, 4) is 28.7 Å². The Balaban J connectivity index is 1.23. The number of esters is 1. The zero-order chi connectivity index (χ0) is 43.6. The number of aryl methyl sites for hydroxylation is 1. The lowest BCUT2D eigenvalue weighted by Gasteiger charge is -2.62. The number of hydrogen-bond acceptors (Lipinski definition) is 15. The molecule has 7 aliphatic rings. The fraction of sp³-hybridized carbons (Fsp3) is 0.500. The number of piperazine rings is 1. The van der Waals surface area contributed by atoms with E-state index in [4.69, 9.17) is 33.2 Å². The lowest BCUT2D eigenvalue weighted by atomic mass is 9.73. The molecule has 0 radical (unpaired) electrons. The molecule has 62 heavy (non-hydrogen) atoms. The Bertz CT molecular complexity index is 2550. The summed E-state index contributed by atoms with van der Waals surface area (Å²) >= 11 is 1.55. The van der Waals surface area contributed by atoms with Crippen molar-refractivity contribution in [2.24, 2.45) is 0 Å². The Kier molecular flexibility index (Phi) is 9.88. The molecule has 4 bridgehead atoms. The first kappa shape index (κ1) is 41.2. The van der Waals surface area contributed by atoms with E-state index >= 15 is 0 Å². The number of fused-ring (bicyclic) bond motifs is 12. The summed E-state index contributed by atoms with van der Waals surface area (Å²) in [7, 11) is 3.52. The van der Waals surface area contributed by atoms with Crippen molar-refractivity contribution in [2.75, 3.05) is 46.5 Å². The zero-order valence-electron chi connectivity index (χ0n) is 36.1. The summed E-state index contributed by atoms with van der Waals surface area (Å²) in [5, 5.41) is 17.0. The predicted octanol–water partition coefficient (Wildman–Crippen LogP) is 5.83. The van der Waals surface area contributed by atoms with E-state index in [0.717, 1.165) is 39.7 Å². The average Bonchev–Trinajstić information content (AvgIpc) is 3.85. The topological polar surface area (TPSA) is 170 Å². The van der Waals surface area contributed by atoms with Gasteiger partial charge in [-0.05, 0) is 77.3 Å². The van der Waals surface area contributed by atoms with Gasteiger partial charge in [0.15, 0.2) is 28.8 Å². The lowest BCUT2D eigenvalue weighted by molar-refractivity contribution is -0.181. The molecule has 2 fully saturated rings. The van der Waals surface area contributed by atoms with Crippen molar-refractivity contribution >= 4 is 40.6 Å². The highest BCUT2D eigenvalue weighted by Gasteiger charge is 2.61. The van der Waals surface area contributed by atoms with Crippen LogP contribution in [0.1, 0.15) is 89.7 Å². The molecule has 0 aliphatic carbocycles. The maximum absolute atomic E-state index is 15.0. The molecule has 7 atom stereocenters. The zero-order valence-corrected chi connectivity index (χ0v) is 36.9. The van der Waals surface area contributed by atoms with Gasteiger partial charge >= 0.3 is 12.1 Å². The van der Waals surface area contributed by atoms with Gasteiger partial charge in [0, 0.05) is 64.1 Å². The molecule has 0 amide bonds. The Morgan fingerprint density at radius 3 is 2.56 bits per heavy atom. The number of likely N-dealkylation sites (N-methyl/N-ethyl adjacent to an activating group) is 1.